The van der Waals surface area contributed by atoms with Crippen molar-refractivity contribution in [3.63, 3.8) is 0 Å². The molecule has 1 amide bonds. The van der Waals surface area contributed by atoms with Gasteiger partial charge < -0.3 is 5.32 Å². The highest BCUT2D eigenvalue weighted by Gasteiger charge is 2.38. The van der Waals surface area contributed by atoms with E-state index >= 15 is 0 Å². The Balaban J connectivity index is 1.95. The summed E-state index contributed by atoms with van der Waals surface area (Å²) in [6, 6.07) is 3.41. The minimum absolute atomic E-state index is 0.0338. The van der Waals surface area contributed by atoms with Crippen molar-refractivity contribution in [2.24, 2.45) is 0 Å². The summed E-state index contributed by atoms with van der Waals surface area (Å²) in [5.74, 6) is -1.03. The van der Waals surface area contributed by atoms with Gasteiger partial charge in [0, 0.05) is 17.8 Å². The molecule has 0 unspecified atom stereocenters. The van der Waals surface area contributed by atoms with Gasteiger partial charge in [0.1, 0.15) is 12.2 Å². The van der Waals surface area contributed by atoms with Gasteiger partial charge in [-0.25, -0.2) is 9.97 Å². The maximum atomic E-state index is 13.2. The largest absolute Gasteiger partial charge is 0.416 e. The van der Waals surface area contributed by atoms with Gasteiger partial charge in [0.05, 0.1) is 17.0 Å². The first-order valence-electron chi connectivity index (χ1n) is 10.3. The molecule has 0 radical (unpaired) electrons. The molecule has 0 saturated carbocycles. The van der Waals surface area contributed by atoms with Crippen molar-refractivity contribution in [3.05, 3.63) is 83.1 Å². The van der Waals surface area contributed by atoms with Crippen LogP contribution in [0.4, 0.5) is 26.3 Å². The average Bonchev–Trinajstić information content (AvgIpc) is 3.21. The van der Waals surface area contributed by atoms with Crippen LogP contribution >= 0.6 is 0 Å². The third kappa shape index (κ3) is 5.87. The molecule has 0 fully saturated rings. The normalized spacial score (nSPS) is 13.9. The molecule has 0 spiro atoms. The molecule has 35 heavy (non-hydrogen) atoms. The summed E-state index contributed by atoms with van der Waals surface area (Å²) in [5.41, 5.74) is -2.49. The van der Waals surface area contributed by atoms with E-state index in [9.17, 15) is 31.1 Å². The maximum absolute atomic E-state index is 13.2. The first kappa shape index (κ1) is 25.9. The zero-order chi connectivity index (χ0) is 26.1. The van der Waals surface area contributed by atoms with E-state index in [4.69, 9.17) is 0 Å². The molecule has 0 aliphatic carbocycles. The first-order chi connectivity index (χ1) is 16.2. The highest BCUT2D eigenvalue weighted by molar-refractivity contribution is 5.95. The van der Waals surface area contributed by atoms with Crippen LogP contribution < -0.4 is 5.32 Å². The third-order valence-corrected chi connectivity index (χ3v) is 5.20. The molecular weight excluding hydrogens is 476 g/mol. The molecule has 0 aliphatic rings. The molecule has 0 saturated heterocycles. The Hall–Kier alpha value is -3.70. The number of aryl methyl sites for hydroxylation is 1. The Bertz CT molecular complexity index is 1200. The Morgan fingerprint density at radius 2 is 1.63 bits per heavy atom. The summed E-state index contributed by atoms with van der Waals surface area (Å²) >= 11 is 0. The Morgan fingerprint density at radius 3 is 2.11 bits per heavy atom. The van der Waals surface area contributed by atoms with Crippen molar-refractivity contribution < 1.29 is 31.1 Å². The molecule has 0 aliphatic heterocycles. The molecule has 2 heterocycles. The zero-order valence-corrected chi connectivity index (χ0v) is 18.9. The number of hydrogen-bond donors (Lipinski definition) is 1. The van der Waals surface area contributed by atoms with Crippen LogP contribution in [0.2, 0.25) is 0 Å². The Labute approximate surface area is 196 Å². The minimum atomic E-state index is -5.07. The number of carbonyl (C=O) groups is 1. The van der Waals surface area contributed by atoms with Crippen LogP contribution in [-0.4, -0.2) is 31.7 Å². The molecule has 2 atom stereocenters. The van der Waals surface area contributed by atoms with Gasteiger partial charge in [-0.3, -0.25) is 4.79 Å². The molecule has 3 aromatic rings. The van der Waals surface area contributed by atoms with Gasteiger partial charge in [-0.2, -0.15) is 36.1 Å². The number of aromatic nitrogens is 4. The summed E-state index contributed by atoms with van der Waals surface area (Å²) in [7, 11) is 0. The highest BCUT2D eigenvalue weighted by Crippen LogP contribution is 2.36. The van der Waals surface area contributed by atoms with Crippen LogP contribution in [0.25, 0.3) is 5.82 Å². The van der Waals surface area contributed by atoms with Gasteiger partial charge in [0.25, 0.3) is 5.91 Å². The van der Waals surface area contributed by atoms with E-state index in [2.05, 4.69) is 27.0 Å². The average molecular weight is 497 g/mol. The maximum Gasteiger partial charge on any atom is 0.416 e. The van der Waals surface area contributed by atoms with Crippen LogP contribution in [-0.2, 0) is 12.4 Å². The van der Waals surface area contributed by atoms with E-state index in [0.29, 0.717) is 29.3 Å². The fraction of sp³-hybridized carbons (Fsp3) is 0.304. The number of hydrogen-bond acceptors (Lipinski definition) is 4. The van der Waals surface area contributed by atoms with Crippen LogP contribution in [0.5, 0.6) is 0 Å². The van der Waals surface area contributed by atoms with Gasteiger partial charge in [-0.1, -0.05) is 18.2 Å². The second-order valence-electron chi connectivity index (χ2n) is 8.10. The van der Waals surface area contributed by atoms with Gasteiger partial charge in [0.2, 0.25) is 0 Å². The molecule has 6 nitrogen and oxygen atoms in total. The smallest absolute Gasteiger partial charge is 0.349 e. The molecule has 12 heteroatoms. The SMILES string of the molecule is C=C(C)[C@@H](c1ncnn1-c1ccc(C)cn1)[C@H](C)NC(=O)c1cc(C(F)(F)F)cc(C(F)(F)F)c1. The monoisotopic (exact) mass is 497 g/mol. The van der Waals surface area contributed by atoms with Gasteiger partial charge in [-0.05, 0) is 50.6 Å². The number of nitrogens with zero attached hydrogens (tertiary/aromatic N) is 4. The van der Waals surface area contributed by atoms with E-state index < -0.39 is 46.9 Å². The highest BCUT2D eigenvalue weighted by atomic mass is 19.4. The summed E-state index contributed by atoms with van der Waals surface area (Å²) in [4.78, 5) is 21.3. The number of rotatable bonds is 6. The van der Waals surface area contributed by atoms with E-state index in [1.165, 1.54) is 17.9 Å². The summed E-state index contributed by atoms with van der Waals surface area (Å²) in [5, 5.41) is 6.63. The number of nitrogens with one attached hydrogen (secondary N) is 1. The quantitative estimate of drug-likeness (QED) is 0.361. The van der Waals surface area contributed by atoms with Gasteiger partial charge >= 0.3 is 12.4 Å². The summed E-state index contributed by atoms with van der Waals surface area (Å²) in [6.45, 7) is 8.95. The van der Waals surface area contributed by atoms with Crippen molar-refractivity contribution in [1.82, 2.24) is 25.1 Å². The number of alkyl halides is 6. The molecule has 1 aromatic carbocycles. The van der Waals surface area contributed by atoms with Gasteiger partial charge in [0.15, 0.2) is 5.82 Å². The lowest BCUT2D eigenvalue weighted by atomic mass is 9.92. The zero-order valence-electron chi connectivity index (χ0n) is 18.9. The molecule has 3 rings (SSSR count). The molecule has 1 N–H and O–H groups in total. The van der Waals surface area contributed by atoms with Crippen molar-refractivity contribution in [3.8, 4) is 5.82 Å². The van der Waals surface area contributed by atoms with Gasteiger partial charge in [-0.15, -0.1) is 0 Å². The fourth-order valence-corrected chi connectivity index (χ4v) is 3.55. The number of benzene rings is 1. The predicted octanol–water partition coefficient (Wildman–Crippen LogP) is 5.49. The van der Waals surface area contributed by atoms with Crippen molar-refractivity contribution in [2.75, 3.05) is 0 Å². The van der Waals surface area contributed by atoms with E-state index in [1.54, 1.807) is 25.3 Å². The topological polar surface area (TPSA) is 72.7 Å². The van der Waals surface area contributed by atoms with E-state index in [1.807, 2.05) is 6.92 Å². The van der Waals surface area contributed by atoms with Crippen LogP contribution in [0.15, 0.2) is 55.0 Å². The number of pyridine rings is 1. The number of amides is 1. The molecule has 2 aromatic heterocycles. The molecule has 0 bridgehead atoms. The van der Waals surface area contributed by atoms with Crippen LogP contribution in [0, 0.1) is 6.92 Å². The van der Waals surface area contributed by atoms with E-state index in [0.717, 1.165) is 5.56 Å². The third-order valence-electron chi connectivity index (χ3n) is 5.20. The Morgan fingerprint density at radius 1 is 1.03 bits per heavy atom. The van der Waals surface area contributed by atoms with E-state index in [-0.39, 0.29) is 6.07 Å². The fourth-order valence-electron chi connectivity index (χ4n) is 3.55. The lowest BCUT2D eigenvalue weighted by Gasteiger charge is -2.25. The number of halogens is 6. The summed E-state index contributed by atoms with van der Waals surface area (Å²) < 4.78 is 80.5. The van der Waals surface area contributed by atoms with Crippen LogP contribution in [0.3, 0.4) is 0 Å². The van der Waals surface area contributed by atoms with Crippen molar-refractivity contribution in [1.29, 1.82) is 0 Å². The summed E-state index contributed by atoms with van der Waals surface area (Å²) in [6.07, 6.45) is -7.25. The standard InChI is InChI=1S/C23H21F6N5O/c1-12(2)19(20-31-11-32-34(20)18-6-5-13(3)10-30-18)14(4)33-21(35)15-7-16(22(24,25)26)9-17(8-15)23(27,28)29/h5-11,14,19H,1H2,2-4H3,(H,33,35)/t14-,19+/m0/s1. The lowest BCUT2D eigenvalue weighted by molar-refractivity contribution is -0.143. The minimum Gasteiger partial charge on any atom is -0.349 e. The van der Waals surface area contributed by atoms with Crippen molar-refractivity contribution >= 4 is 5.91 Å². The van der Waals surface area contributed by atoms with Crippen molar-refractivity contribution in [2.45, 2.75) is 45.1 Å². The second-order valence-corrected chi connectivity index (χ2v) is 8.10. The number of carbonyl (C=O) groups excluding carboxylic acids is 1. The second kappa shape index (κ2) is 9.51. The molecule has 186 valence electrons. The lowest BCUT2D eigenvalue weighted by Crippen LogP contribution is -2.38. The molecular formula is C23H21F6N5O. The predicted molar refractivity (Wildman–Crippen MR) is 115 cm³/mol. The van der Waals surface area contributed by atoms with Crippen LogP contribution in [0.1, 0.15) is 52.6 Å². The first-order valence-corrected chi connectivity index (χ1v) is 10.3. The Kier molecular flexibility index (Phi) is 7.04.